The second-order valence-corrected chi connectivity index (χ2v) is 7.63. The van der Waals surface area contributed by atoms with Crippen molar-refractivity contribution in [3.8, 4) is 11.5 Å². The number of para-hydroxylation sites is 2. The van der Waals surface area contributed by atoms with Crippen LogP contribution in [0.3, 0.4) is 0 Å². The van der Waals surface area contributed by atoms with Crippen LogP contribution in [0, 0.1) is 5.82 Å². The Morgan fingerprint density at radius 1 is 0.968 bits per heavy atom. The van der Waals surface area contributed by atoms with E-state index in [4.69, 9.17) is 9.47 Å². The Kier molecular flexibility index (Phi) is 6.04. The topological polar surface area (TPSA) is 55.8 Å². The van der Waals surface area contributed by atoms with E-state index in [0.29, 0.717) is 27.7 Å². The van der Waals surface area contributed by atoms with Crippen LogP contribution in [0.25, 0.3) is 6.08 Å². The van der Waals surface area contributed by atoms with E-state index < -0.39 is 5.91 Å². The molecule has 1 aliphatic rings. The van der Waals surface area contributed by atoms with Crippen molar-refractivity contribution in [2.75, 3.05) is 12.0 Å². The molecule has 5 nitrogen and oxygen atoms in total. The first kappa shape index (κ1) is 20.7. The van der Waals surface area contributed by atoms with Gasteiger partial charge in [0.05, 0.1) is 17.7 Å². The lowest BCUT2D eigenvalue weighted by molar-refractivity contribution is -0.113. The number of carbonyl (C=O) groups excluding carboxylic acids is 2. The molecule has 156 valence electrons. The summed E-state index contributed by atoms with van der Waals surface area (Å²) in [7, 11) is 1.49. The van der Waals surface area contributed by atoms with E-state index in [-0.39, 0.29) is 17.7 Å². The average Bonchev–Trinajstić information content (AvgIpc) is 3.06. The van der Waals surface area contributed by atoms with Gasteiger partial charge in [-0.05, 0) is 53.7 Å². The molecule has 0 unspecified atom stereocenters. The van der Waals surface area contributed by atoms with Crippen LogP contribution in [0.15, 0.2) is 77.7 Å². The summed E-state index contributed by atoms with van der Waals surface area (Å²) < 4.78 is 24.6. The Hall–Kier alpha value is -3.58. The standard InChI is InChI=1S/C24H18FNO4S/c1-29-21-9-5-4-8-20(21)26-23(27)22(31-24(26)28)14-16-10-12-18(13-11-16)30-15-17-6-2-3-7-19(17)25/h2-14H,15H2,1H3/b22-14-. The molecule has 0 radical (unpaired) electrons. The SMILES string of the molecule is COc1ccccc1N1C(=O)S/C(=C\c2ccc(OCc3ccccc3F)cc2)C1=O. The van der Waals surface area contributed by atoms with Crippen LogP contribution in [0.5, 0.6) is 11.5 Å². The fourth-order valence-corrected chi connectivity index (χ4v) is 3.91. The highest BCUT2D eigenvalue weighted by Crippen LogP contribution is 2.39. The molecule has 1 fully saturated rings. The maximum Gasteiger partial charge on any atom is 0.298 e. The summed E-state index contributed by atoms with van der Waals surface area (Å²) in [6, 6.07) is 20.3. The number of anilines is 1. The van der Waals surface area contributed by atoms with Crippen molar-refractivity contribution in [3.05, 3.63) is 94.6 Å². The maximum absolute atomic E-state index is 13.7. The lowest BCUT2D eigenvalue weighted by Gasteiger charge is -2.15. The van der Waals surface area contributed by atoms with Gasteiger partial charge >= 0.3 is 0 Å². The van der Waals surface area contributed by atoms with E-state index in [1.54, 1.807) is 72.8 Å². The first-order valence-electron chi connectivity index (χ1n) is 9.44. The fourth-order valence-electron chi connectivity index (χ4n) is 3.08. The third-order valence-corrected chi connectivity index (χ3v) is 5.52. The second-order valence-electron chi connectivity index (χ2n) is 6.64. The van der Waals surface area contributed by atoms with Gasteiger partial charge in [-0.25, -0.2) is 9.29 Å². The molecule has 0 aliphatic carbocycles. The smallest absolute Gasteiger partial charge is 0.298 e. The Balaban J connectivity index is 1.48. The van der Waals surface area contributed by atoms with Gasteiger partial charge in [0.2, 0.25) is 0 Å². The lowest BCUT2D eigenvalue weighted by Crippen LogP contribution is -2.28. The van der Waals surface area contributed by atoms with E-state index in [9.17, 15) is 14.0 Å². The number of methoxy groups -OCH3 is 1. The molecule has 7 heteroatoms. The van der Waals surface area contributed by atoms with Crippen molar-refractivity contribution in [3.63, 3.8) is 0 Å². The van der Waals surface area contributed by atoms with E-state index >= 15 is 0 Å². The van der Waals surface area contributed by atoms with Crippen molar-refractivity contribution in [2.45, 2.75) is 6.61 Å². The number of hydrogen-bond donors (Lipinski definition) is 0. The van der Waals surface area contributed by atoms with Crippen LogP contribution in [-0.2, 0) is 11.4 Å². The maximum atomic E-state index is 13.7. The zero-order valence-electron chi connectivity index (χ0n) is 16.6. The number of rotatable bonds is 6. The van der Waals surface area contributed by atoms with Crippen molar-refractivity contribution < 1.29 is 23.5 Å². The quantitative estimate of drug-likeness (QED) is 0.468. The van der Waals surface area contributed by atoms with Crippen LogP contribution in [0.1, 0.15) is 11.1 Å². The first-order valence-corrected chi connectivity index (χ1v) is 10.3. The van der Waals surface area contributed by atoms with Crippen LogP contribution < -0.4 is 14.4 Å². The van der Waals surface area contributed by atoms with Gasteiger partial charge in [0.1, 0.15) is 23.9 Å². The minimum atomic E-state index is -0.403. The molecule has 31 heavy (non-hydrogen) atoms. The van der Waals surface area contributed by atoms with Crippen LogP contribution in [0.4, 0.5) is 14.9 Å². The third kappa shape index (κ3) is 4.46. The Bertz CT molecular complexity index is 1160. The molecule has 0 atom stereocenters. The molecular weight excluding hydrogens is 417 g/mol. The fraction of sp³-hybridized carbons (Fsp3) is 0.0833. The normalized spacial score (nSPS) is 14.9. The molecular formula is C24H18FNO4S. The molecule has 1 saturated heterocycles. The first-order chi connectivity index (χ1) is 15.1. The Morgan fingerprint density at radius 2 is 1.68 bits per heavy atom. The predicted molar refractivity (Wildman–Crippen MR) is 119 cm³/mol. The summed E-state index contributed by atoms with van der Waals surface area (Å²) in [5.74, 6) is 0.300. The number of amides is 2. The van der Waals surface area contributed by atoms with Crippen molar-refractivity contribution in [2.24, 2.45) is 0 Å². The summed E-state index contributed by atoms with van der Waals surface area (Å²) in [5, 5.41) is -0.384. The average molecular weight is 435 g/mol. The van der Waals surface area contributed by atoms with Gasteiger partial charge < -0.3 is 9.47 Å². The Labute approximate surface area is 183 Å². The Morgan fingerprint density at radius 3 is 2.42 bits per heavy atom. The van der Waals surface area contributed by atoms with Gasteiger partial charge in [-0.15, -0.1) is 0 Å². The number of benzene rings is 3. The molecule has 2 amide bonds. The number of thioether (sulfide) groups is 1. The summed E-state index contributed by atoms with van der Waals surface area (Å²) in [6.07, 6.45) is 1.65. The van der Waals surface area contributed by atoms with Gasteiger partial charge in [-0.2, -0.15) is 0 Å². The van der Waals surface area contributed by atoms with Crippen LogP contribution >= 0.6 is 11.8 Å². The van der Waals surface area contributed by atoms with Gasteiger partial charge in [0.15, 0.2) is 0 Å². The number of nitrogens with zero attached hydrogens (tertiary/aromatic N) is 1. The monoisotopic (exact) mass is 435 g/mol. The zero-order chi connectivity index (χ0) is 21.8. The van der Waals surface area contributed by atoms with E-state index in [2.05, 4.69) is 0 Å². The molecule has 0 bridgehead atoms. The predicted octanol–water partition coefficient (Wildman–Crippen LogP) is 5.65. The summed E-state index contributed by atoms with van der Waals surface area (Å²) in [6.45, 7) is 0.115. The van der Waals surface area contributed by atoms with Gasteiger partial charge in [-0.3, -0.25) is 9.59 Å². The van der Waals surface area contributed by atoms with Gasteiger partial charge in [-0.1, -0.05) is 42.5 Å². The van der Waals surface area contributed by atoms with Gasteiger partial charge in [0, 0.05) is 5.56 Å². The number of imide groups is 1. The summed E-state index contributed by atoms with van der Waals surface area (Å²) in [4.78, 5) is 26.8. The van der Waals surface area contributed by atoms with E-state index in [1.807, 2.05) is 0 Å². The molecule has 0 N–H and O–H groups in total. The minimum absolute atomic E-state index is 0.115. The molecule has 3 aromatic carbocycles. The molecule has 3 aromatic rings. The lowest BCUT2D eigenvalue weighted by atomic mass is 10.2. The van der Waals surface area contributed by atoms with Crippen LogP contribution in [0.2, 0.25) is 0 Å². The second kappa shape index (κ2) is 9.06. The van der Waals surface area contributed by atoms with Crippen molar-refractivity contribution in [1.82, 2.24) is 0 Å². The highest BCUT2D eigenvalue weighted by Gasteiger charge is 2.37. The van der Waals surface area contributed by atoms with Crippen molar-refractivity contribution >= 4 is 34.7 Å². The number of halogens is 1. The van der Waals surface area contributed by atoms with E-state index in [0.717, 1.165) is 22.2 Å². The number of ether oxygens (including phenoxy) is 2. The summed E-state index contributed by atoms with van der Waals surface area (Å²) in [5.41, 5.74) is 1.62. The van der Waals surface area contributed by atoms with Crippen molar-refractivity contribution in [1.29, 1.82) is 0 Å². The minimum Gasteiger partial charge on any atom is -0.495 e. The molecule has 4 rings (SSSR count). The molecule has 1 heterocycles. The molecule has 0 saturated carbocycles. The molecule has 1 aliphatic heterocycles. The molecule has 0 aromatic heterocycles. The van der Waals surface area contributed by atoms with Gasteiger partial charge in [0.25, 0.3) is 11.1 Å². The zero-order valence-corrected chi connectivity index (χ0v) is 17.4. The molecule has 0 spiro atoms. The summed E-state index contributed by atoms with van der Waals surface area (Å²) >= 11 is 0.874. The number of carbonyl (C=O) groups is 2. The van der Waals surface area contributed by atoms with E-state index in [1.165, 1.54) is 13.2 Å². The number of hydrogen-bond acceptors (Lipinski definition) is 5. The van der Waals surface area contributed by atoms with Crippen LogP contribution in [-0.4, -0.2) is 18.3 Å². The third-order valence-electron chi connectivity index (χ3n) is 4.65. The largest absolute Gasteiger partial charge is 0.495 e. The highest BCUT2D eigenvalue weighted by molar-refractivity contribution is 8.19. The highest BCUT2D eigenvalue weighted by atomic mass is 32.2.